The second kappa shape index (κ2) is 16.3. The Balaban J connectivity index is 1.13. The summed E-state index contributed by atoms with van der Waals surface area (Å²) in [5.41, 5.74) is 18.1. The number of fused-ring (bicyclic) bond motifs is 7. The van der Waals surface area contributed by atoms with Gasteiger partial charge in [0.05, 0.1) is 16.7 Å². The molecule has 0 saturated carbocycles. The van der Waals surface area contributed by atoms with Crippen molar-refractivity contribution in [3.8, 4) is 39.1 Å². The van der Waals surface area contributed by atoms with Gasteiger partial charge in [-0.25, -0.2) is 0 Å². The fourth-order valence-electron chi connectivity index (χ4n) is 10.6. The molecule has 0 atom stereocenters. The Morgan fingerprint density at radius 2 is 0.957 bits per heavy atom. The highest BCUT2D eigenvalue weighted by atomic mass is 16.3. The standard InChI is InChI=1S/C66H54N2O/c1-65(2,3)46-38-45(39-47(41-46)66(4,5)6)52-29-17-20-43-21-18-31-56(63(43)52)54-27-11-13-32-58(54)67(49-25-16-22-44(40-49)51-30-19-35-62-64(51)57-28-12-15-34-61(57)69-62)50-36-37-55-53-26-10-14-33-59(53)68(60(55)42-50)48-23-8-7-9-24-48/h7-42H,1-6H3. The van der Waals surface area contributed by atoms with Gasteiger partial charge in [0.15, 0.2) is 0 Å². The van der Waals surface area contributed by atoms with Crippen LogP contribution in [0.25, 0.3) is 93.6 Å². The van der Waals surface area contributed by atoms with E-state index in [0.717, 1.165) is 66.9 Å². The van der Waals surface area contributed by atoms with Crippen LogP contribution in [0.5, 0.6) is 0 Å². The fourth-order valence-corrected chi connectivity index (χ4v) is 10.6. The minimum atomic E-state index is -0.0192. The minimum absolute atomic E-state index is 0.0192. The van der Waals surface area contributed by atoms with Gasteiger partial charge in [-0.3, -0.25) is 0 Å². The SMILES string of the molecule is CC(C)(C)c1cc(-c2cccc3cccc(-c4ccccc4N(c4cccc(-c5cccc6oc7ccccc7c56)c4)c4ccc5c6ccccc6n(-c6ccccc6)c5c4)c23)cc(C(C)(C)C)c1. The van der Waals surface area contributed by atoms with E-state index in [9.17, 15) is 0 Å². The Morgan fingerprint density at radius 3 is 1.72 bits per heavy atom. The van der Waals surface area contributed by atoms with E-state index in [1.165, 1.54) is 54.9 Å². The molecule has 0 radical (unpaired) electrons. The summed E-state index contributed by atoms with van der Waals surface area (Å²) in [5.74, 6) is 0. The summed E-state index contributed by atoms with van der Waals surface area (Å²) in [7, 11) is 0. The van der Waals surface area contributed by atoms with E-state index in [-0.39, 0.29) is 10.8 Å². The van der Waals surface area contributed by atoms with Crippen molar-refractivity contribution < 1.29 is 4.42 Å². The van der Waals surface area contributed by atoms with Crippen molar-refractivity contribution in [2.75, 3.05) is 4.90 Å². The van der Waals surface area contributed by atoms with Gasteiger partial charge in [-0.2, -0.15) is 0 Å². The maximum Gasteiger partial charge on any atom is 0.136 e. The van der Waals surface area contributed by atoms with E-state index in [4.69, 9.17) is 4.42 Å². The number of benzene rings is 10. The van der Waals surface area contributed by atoms with Gasteiger partial charge in [-0.15, -0.1) is 0 Å². The van der Waals surface area contributed by atoms with Crippen LogP contribution in [-0.2, 0) is 10.8 Å². The van der Waals surface area contributed by atoms with Crippen LogP contribution in [0.2, 0.25) is 0 Å². The first-order chi connectivity index (χ1) is 33.5. The molecule has 3 heteroatoms. The normalized spacial score (nSPS) is 12.2. The highest BCUT2D eigenvalue weighted by molar-refractivity contribution is 6.14. The van der Waals surface area contributed by atoms with Gasteiger partial charge in [0, 0.05) is 44.2 Å². The molecule has 0 fully saturated rings. The van der Waals surface area contributed by atoms with Gasteiger partial charge in [-0.1, -0.05) is 199 Å². The van der Waals surface area contributed by atoms with Crippen molar-refractivity contribution in [1.29, 1.82) is 0 Å². The number of para-hydroxylation sites is 4. The maximum absolute atomic E-state index is 6.42. The third kappa shape index (κ3) is 7.28. The second-order valence-corrected chi connectivity index (χ2v) is 20.6. The highest BCUT2D eigenvalue weighted by Crippen LogP contribution is 2.48. The molecule has 0 aliphatic heterocycles. The zero-order valence-corrected chi connectivity index (χ0v) is 40.1. The Labute approximate surface area is 404 Å². The number of aromatic nitrogens is 1. The number of hydrogen-bond donors (Lipinski definition) is 0. The summed E-state index contributed by atoms with van der Waals surface area (Å²) in [4.78, 5) is 2.47. The van der Waals surface area contributed by atoms with Gasteiger partial charge in [0.25, 0.3) is 0 Å². The van der Waals surface area contributed by atoms with E-state index in [0.29, 0.717) is 0 Å². The summed E-state index contributed by atoms with van der Waals surface area (Å²) in [6, 6.07) is 80.2. The van der Waals surface area contributed by atoms with Crippen LogP contribution in [0.15, 0.2) is 223 Å². The first-order valence-corrected chi connectivity index (χ1v) is 24.2. The Kier molecular flexibility index (Phi) is 9.97. The average molecular weight is 891 g/mol. The van der Waals surface area contributed by atoms with Crippen LogP contribution in [0.3, 0.4) is 0 Å². The molecule has 69 heavy (non-hydrogen) atoms. The molecule has 12 rings (SSSR count). The lowest BCUT2D eigenvalue weighted by atomic mass is 9.78. The predicted molar refractivity (Wildman–Crippen MR) is 294 cm³/mol. The predicted octanol–water partition coefficient (Wildman–Crippen LogP) is 18.9. The van der Waals surface area contributed by atoms with E-state index in [1.807, 2.05) is 6.07 Å². The van der Waals surface area contributed by atoms with Crippen LogP contribution in [0, 0.1) is 0 Å². The van der Waals surface area contributed by atoms with Crippen LogP contribution in [-0.4, -0.2) is 4.57 Å². The number of furan rings is 1. The van der Waals surface area contributed by atoms with Crippen molar-refractivity contribution >= 4 is 71.6 Å². The molecule has 3 nitrogen and oxygen atoms in total. The number of hydrogen-bond acceptors (Lipinski definition) is 2. The summed E-state index contributed by atoms with van der Waals surface area (Å²) in [5, 5.41) is 7.13. The Bertz CT molecular complexity index is 3890. The van der Waals surface area contributed by atoms with E-state index >= 15 is 0 Å². The van der Waals surface area contributed by atoms with Gasteiger partial charge in [-0.05, 0) is 121 Å². The molecular weight excluding hydrogens is 837 g/mol. The average Bonchev–Trinajstić information content (AvgIpc) is 3.92. The molecule has 0 aliphatic carbocycles. The second-order valence-electron chi connectivity index (χ2n) is 20.6. The molecule has 0 amide bonds. The molecule has 12 aromatic rings. The molecular formula is C66H54N2O. The third-order valence-corrected chi connectivity index (χ3v) is 14.1. The molecule has 334 valence electrons. The van der Waals surface area contributed by atoms with Crippen molar-refractivity contribution in [1.82, 2.24) is 4.57 Å². The van der Waals surface area contributed by atoms with Gasteiger partial charge < -0.3 is 13.9 Å². The van der Waals surface area contributed by atoms with E-state index in [2.05, 4.69) is 263 Å². The molecule has 0 spiro atoms. The molecule has 0 aliphatic rings. The molecule has 0 saturated heterocycles. The van der Waals surface area contributed by atoms with Gasteiger partial charge in [0.2, 0.25) is 0 Å². The number of anilines is 3. The lowest BCUT2D eigenvalue weighted by Gasteiger charge is -2.29. The largest absolute Gasteiger partial charge is 0.456 e. The zero-order valence-electron chi connectivity index (χ0n) is 40.1. The van der Waals surface area contributed by atoms with Crippen LogP contribution < -0.4 is 4.90 Å². The van der Waals surface area contributed by atoms with E-state index in [1.54, 1.807) is 0 Å². The lowest BCUT2D eigenvalue weighted by Crippen LogP contribution is -2.16. The summed E-state index contributed by atoms with van der Waals surface area (Å²) >= 11 is 0. The Hall–Kier alpha value is -8.14. The lowest BCUT2D eigenvalue weighted by molar-refractivity contribution is 0.569. The smallest absolute Gasteiger partial charge is 0.136 e. The van der Waals surface area contributed by atoms with Crippen LogP contribution >= 0.6 is 0 Å². The van der Waals surface area contributed by atoms with Gasteiger partial charge >= 0.3 is 0 Å². The van der Waals surface area contributed by atoms with Crippen molar-refractivity contribution in [3.63, 3.8) is 0 Å². The molecule has 2 aromatic heterocycles. The third-order valence-electron chi connectivity index (χ3n) is 14.1. The quantitative estimate of drug-likeness (QED) is 0.159. The summed E-state index contributed by atoms with van der Waals surface area (Å²) in [6.45, 7) is 13.9. The Morgan fingerprint density at radius 1 is 0.377 bits per heavy atom. The molecule has 0 N–H and O–H groups in total. The number of rotatable bonds is 7. The number of nitrogens with zero attached hydrogens (tertiary/aromatic N) is 2. The highest BCUT2D eigenvalue weighted by Gasteiger charge is 2.25. The van der Waals surface area contributed by atoms with Crippen molar-refractivity contribution in [3.05, 3.63) is 230 Å². The molecule has 0 bridgehead atoms. The summed E-state index contributed by atoms with van der Waals surface area (Å²) < 4.78 is 8.83. The molecule has 2 heterocycles. The van der Waals surface area contributed by atoms with E-state index < -0.39 is 0 Å². The zero-order chi connectivity index (χ0) is 47.0. The van der Waals surface area contributed by atoms with Crippen LogP contribution in [0.1, 0.15) is 52.7 Å². The summed E-state index contributed by atoms with van der Waals surface area (Å²) in [6.07, 6.45) is 0. The van der Waals surface area contributed by atoms with Gasteiger partial charge in [0.1, 0.15) is 11.2 Å². The first kappa shape index (κ1) is 42.2. The monoisotopic (exact) mass is 890 g/mol. The van der Waals surface area contributed by atoms with Crippen LogP contribution in [0.4, 0.5) is 17.1 Å². The van der Waals surface area contributed by atoms with Crippen molar-refractivity contribution in [2.45, 2.75) is 52.4 Å². The maximum atomic E-state index is 6.42. The van der Waals surface area contributed by atoms with Crippen molar-refractivity contribution in [2.24, 2.45) is 0 Å². The first-order valence-electron chi connectivity index (χ1n) is 24.2. The topological polar surface area (TPSA) is 21.3 Å². The minimum Gasteiger partial charge on any atom is -0.456 e. The molecule has 0 unspecified atom stereocenters. The molecule has 10 aromatic carbocycles. The fraction of sp³-hybridized carbons (Fsp3) is 0.121.